The third kappa shape index (κ3) is 3.10. The molecule has 0 radical (unpaired) electrons. The lowest BCUT2D eigenvalue weighted by atomic mass is 9.86. The summed E-state index contributed by atoms with van der Waals surface area (Å²) in [4.78, 5) is 11.2. The van der Waals surface area contributed by atoms with Crippen molar-refractivity contribution in [3.05, 3.63) is 34.9 Å². The van der Waals surface area contributed by atoms with E-state index in [9.17, 15) is 4.79 Å². The van der Waals surface area contributed by atoms with E-state index >= 15 is 0 Å². The van der Waals surface area contributed by atoms with Crippen molar-refractivity contribution in [1.82, 2.24) is 5.32 Å². The Morgan fingerprint density at radius 1 is 1.39 bits per heavy atom. The third-order valence-electron chi connectivity index (χ3n) is 3.95. The number of hydrogen-bond acceptors (Lipinski definition) is 2. The van der Waals surface area contributed by atoms with E-state index in [4.69, 9.17) is 5.73 Å². The minimum atomic E-state index is -0.222. The van der Waals surface area contributed by atoms with Crippen LogP contribution in [0.2, 0.25) is 0 Å². The van der Waals surface area contributed by atoms with Gasteiger partial charge in [0.25, 0.3) is 0 Å². The number of nitrogens with two attached hydrogens (primary N) is 1. The van der Waals surface area contributed by atoms with E-state index in [0.29, 0.717) is 5.92 Å². The van der Waals surface area contributed by atoms with Gasteiger partial charge in [0.1, 0.15) is 0 Å². The number of piperidine rings is 1. The molecule has 0 spiro atoms. The highest BCUT2D eigenvalue weighted by Gasteiger charge is 2.25. The topological polar surface area (TPSA) is 55.1 Å². The quantitative estimate of drug-likeness (QED) is 0.853. The Kier molecular flexibility index (Phi) is 4.02. The number of aryl methyl sites for hydroxylation is 2. The van der Waals surface area contributed by atoms with Crippen molar-refractivity contribution in [2.24, 2.45) is 11.7 Å². The molecule has 2 unspecified atom stereocenters. The summed E-state index contributed by atoms with van der Waals surface area (Å²) in [5.41, 5.74) is 9.41. The predicted molar refractivity (Wildman–Crippen MR) is 73.3 cm³/mol. The Morgan fingerprint density at radius 3 is 2.83 bits per heavy atom. The maximum absolute atomic E-state index is 11.2. The van der Waals surface area contributed by atoms with Crippen molar-refractivity contribution in [1.29, 1.82) is 0 Å². The Bertz CT molecular complexity index is 442. The van der Waals surface area contributed by atoms with Gasteiger partial charge in [0.05, 0.1) is 6.04 Å². The first-order valence-corrected chi connectivity index (χ1v) is 6.65. The number of amides is 1. The number of primary amides is 1. The van der Waals surface area contributed by atoms with Gasteiger partial charge in [-0.15, -0.1) is 0 Å². The molecule has 0 bridgehead atoms. The fraction of sp³-hybridized carbons (Fsp3) is 0.533. The van der Waals surface area contributed by atoms with E-state index in [-0.39, 0.29) is 11.9 Å². The van der Waals surface area contributed by atoms with Crippen LogP contribution >= 0.6 is 0 Å². The molecule has 98 valence electrons. The SMILES string of the molecule is Cc1ccc(CC2CCNC(C(N)=O)C2)cc1C. The number of nitrogens with one attached hydrogen (secondary N) is 1. The van der Waals surface area contributed by atoms with Crippen molar-refractivity contribution in [2.45, 2.75) is 39.2 Å². The molecule has 1 heterocycles. The molecule has 1 aliphatic rings. The van der Waals surface area contributed by atoms with Crippen LogP contribution in [0.3, 0.4) is 0 Å². The lowest BCUT2D eigenvalue weighted by Crippen LogP contribution is -2.47. The normalized spacial score (nSPS) is 23.9. The molecular formula is C15H22N2O. The number of carbonyl (C=O) groups is 1. The number of rotatable bonds is 3. The fourth-order valence-electron chi connectivity index (χ4n) is 2.66. The summed E-state index contributed by atoms with van der Waals surface area (Å²) in [6, 6.07) is 6.49. The smallest absolute Gasteiger partial charge is 0.234 e. The summed E-state index contributed by atoms with van der Waals surface area (Å²) in [5.74, 6) is 0.339. The van der Waals surface area contributed by atoms with Gasteiger partial charge in [-0.3, -0.25) is 4.79 Å². The maximum atomic E-state index is 11.2. The van der Waals surface area contributed by atoms with E-state index in [2.05, 4.69) is 37.4 Å². The lowest BCUT2D eigenvalue weighted by Gasteiger charge is -2.28. The first kappa shape index (κ1) is 13.1. The predicted octanol–water partition coefficient (Wildman–Crippen LogP) is 1.70. The summed E-state index contributed by atoms with van der Waals surface area (Å²) in [5, 5.41) is 3.18. The Morgan fingerprint density at radius 2 is 2.17 bits per heavy atom. The van der Waals surface area contributed by atoms with Gasteiger partial charge in [0.2, 0.25) is 5.91 Å². The van der Waals surface area contributed by atoms with Gasteiger partial charge in [0, 0.05) is 0 Å². The molecule has 2 atom stereocenters. The van der Waals surface area contributed by atoms with Crippen LogP contribution in [-0.4, -0.2) is 18.5 Å². The van der Waals surface area contributed by atoms with Crippen LogP contribution in [-0.2, 0) is 11.2 Å². The second kappa shape index (κ2) is 5.53. The second-order valence-corrected chi connectivity index (χ2v) is 5.42. The summed E-state index contributed by atoms with van der Waals surface area (Å²) in [6.07, 6.45) is 3.03. The Hall–Kier alpha value is -1.35. The molecule has 3 heteroatoms. The molecule has 1 amide bonds. The van der Waals surface area contributed by atoms with Crippen LogP contribution in [0.1, 0.15) is 29.5 Å². The summed E-state index contributed by atoms with van der Waals surface area (Å²) >= 11 is 0. The highest BCUT2D eigenvalue weighted by Crippen LogP contribution is 2.22. The number of benzene rings is 1. The molecule has 3 N–H and O–H groups in total. The average molecular weight is 246 g/mol. The summed E-state index contributed by atoms with van der Waals surface area (Å²) in [6.45, 7) is 5.17. The van der Waals surface area contributed by atoms with E-state index in [1.54, 1.807) is 0 Å². The van der Waals surface area contributed by atoms with Gasteiger partial charge >= 0.3 is 0 Å². The van der Waals surface area contributed by atoms with Crippen LogP contribution in [0.25, 0.3) is 0 Å². The molecule has 1 saturated heterocycles. The zero-order chi connectivity index (χ0) is 13.1. The standard InChI is InChI=1S/C15H22N2O/c1-10-3-4-12(7-11(10)2)8-13-5-6-17-14(9-13)15(16)18/h3-4,7,13-14,17H,5-6,8-9H2,1-2H3,(H2,16,18). The van der Waals surface area contributed by atoms with Crippen LogP contribution in [0, 0.1) is 19.8 Å². The monoisotopic (exact) mass is 246 g/mol. The summed E-state index contributed by atoms with van der Waals surface area (Å²) < 4.78 is 0. The zero-order valence-corrected chi connectivity index (χ0v) is 11.2. The van der Waals surface area contributed by atoms with E-state index in [1.165, 1.54) is 16.7 Å². The molecule has 0 saturated carbocycles. The van der Waals surface area contributed by atoms with E-state index < -0.39 is 0 Å². The van der Waals surface area contributed by atoms with Crippen LogP contribution < -0.4 is 11.1 Å². The van der Waals surface area contributed by atoms with Crippen molar-refractivity contribution < 1.29 is 4.79 Å². The Labute approximate surface area is 109 Å². The minimum Gasteiger partial charge on any atom is -0.368 e. The van der Waals surface area contributed by atoms with Gasteiger partial charge in [-0.1, -0.05) is 18.2 Å². The number of carbonyl (C=O) groups excluding carboxylic acids is 1. The van der Waals surface area contributed by atoms with Crippen LogP contribution in [0.15, 0.2) is 18.2 Å². The maximum Gasteiger partial charge on any atom is 0.234 e. The molecule has 1 aromatic rings. The van der Waals surface area contributed by atoms with Gasteiger partial charge in [-0.2, -0.15) is 0 Å². The van der Waals surface area contributed by atoms with Crippen LogP contribution in [0.5, 0.6) is 0 Å². The average Bonchev–Trinajstić information content (AvgIpc) is 2.34. The fourth-order valence-corrected chi connectivity index (χ4v) is 2.66. The van der Waals surface area contributed by atoms with Gasteiger partial charge in [-0.25, -0.2) is 0 Å². The second-order valence-electron chi connectivity index (χ2n) is 5.42. The number of hydrogen-bond donors (Lipinski definition) is 2. The molecule has 1 fully saturated rings. The first-order chi connectivity index (χ1) is 8.56. The molecule has 2 rings (SSSR count). The van der Waals surface area contributed by atoms with Crippen molar-refractivity contribution in [2.75, 3.05) is 6.54 Å². The van der Waals surface area contributed by atoms with Gasteiger partial charge in [-0.05, 0) is 62.3 Å². The van der Waals surface area contributed by atoms with Crippen molar-refractivity contribution in [3.63, 3.8) is 0 Å². The molecule has 18 heavy (non-hydrogen) atoms. The molecule has 0 aliphatic carbocycles. The van der Waals surface area contributed by atoms with Gasteiger partial charge in [0.15, 0.2) is 0 Å². The van der Waals surface area contributed by atoms with Crippen LogP contribution in [0.4, 0.5) is 0 Å². The highest BCUT2D eigenvalue weighted by molar-refractivity contribution is 5.79. The van der Waals surface area contributed by atoms with Crippen molar-refractivity contribution >= 4 is 5.91 Å². The Balaban J connectivity index is 2.00. The van der Waals surface area contributed by atoms with Gasteiger partial charge < -0.3 is 11.1 Å². The largest absolute Gasteiger partial charge is 0.368 e. The molecule has 0 aromatic heterocycles. The molecule has 1 aliphatic heterocycles. The first-order valence-electron chi connectivity index (χ1n) is 6.65. The lowest BCUT2D eigenvalue weighted by molar-refractivity contribution is -0.120. The minimum absolute atomic E-state index is 0.143. The zero-order valence-electron chi connectivity index (χ0n) is 11.2. The summed E-state index contributed by atoms with van der Waals surface area (Å²) in [7, 11) is 0. The molecule has 3 nitrogen and oxygen atoms in total. The molecule has 1 aromatic carbocycles. The highest BCUT2D eigenvalue weighted by atomic mass is 16.1. The third-order valence-corrected chi connectivity index (χ3v) is 3.95. The van der Waals surface area contributed by atoms with Crippen molar-refractivity contribution in [3.8, 4) is 0 Å². The van der Waals surface area contributed by atoms with E-state index in [1.807, 2.05) is 0 Å². The van der Waals surface area contributed by atoms with E-state index in [0.717, 1.165) is 25.8 Å². The molecular weight excluding hydrogens is 224 g/mol.